The predicted molar refractivity (Wildman–Crippen MR) is 78.9 cm³/mol. The molecular formula is C14H23N3OS. The van der Waals surface area contributed by atoms with E-state index in [1.807, 2.05) is 6.20 Å². The molecule has 1 aromatic rings. The maximum Gasteiger partial charge on any atom is 0.185 e. The molecule has 1 aromatic heterocycles. The van der Waals surface area contributed by atoms with Gasteiger partial charge in [0, 0.05) is 43.4 Å². The number of nitrogens with zero attached hydrogens (tertiary/aromatic N) is 2. The van der Waals surface area contributed by atoms with Gasteiger partial charge in [0.1, 0.15) is 0 Å². The summed E-state index contributed by atoms with van der Waals surface area (Å²) in [4.78, 5) is 6.81. The molecule has 106 valence electrons. The molecule has 1 N–H and O–H groups in total. The Morgan fingerprint density at radius 2 is 2.26 bits per heavy atom. The molecule has 3 heterocycles. The Balaban J connectivity index is 1.45. The highest BCUT2D eigenvalue weighted by Gasteiger charge is 2.26. The molecule has 2 aliphatic heterocycles. The van der Waals surface area contributed by atoms with Gasteiger partial charge in [0.25, 0.3) is 0 Å². The standard InChI is InChI=1S/C14H23N3OS/c1-11(12-4-8-18-10-12)16-13-2-6-17(7-3-13)14-15-5-9-19-14/h5,9,11-13,16H,2-4,6-8,10H2,1H3. The quantitative estimate of drug-likeness (QED) is 0.917. The molecule has 2 unspecified atom stereocenters. The number of ether oxygens (including phenoxy) is 1. The minimum atomic E-state index is 0.582. The van der Waals surface area contributed by atoms with Crippen LogP contribution in [0.4, 0.5) is 5.13 Å². The van der Waals surface area contributed by atoms with Crippen molar-refractivity contribution in [3.8, 4) is 0 Å². The van der Waals surface area contributed by atoms with E-state index in [-0.39, 0.29) is 0 Å². The second kappa shape index (κ2) is 6.20. The van der Waals surface area contributed by atoms with E-state index in [0.29, 0.717) is 18.0 Å². The molecule has 5 heteroatoms. The molecule has 0 aliphatic carbocycles. The zero-order valence-corrected chi connectivity index (χ0v) is 12.4. The summed E-state index contributed by atoms with van der Waals surface area (Å²) in [5.41, 5.74) is 0. The van der Waals surface area contributed by atoms with Crippen LogP contribution in [0.3, 0.4) is 0 Å². The lowest BCUT2D eigenvalue weighted by molar-refractivity contribution is 0.175. The van der Waals surface area contributed by atoms with Crippen LogP contribution >= 0.6 is 11.3 Å². The fourth-order valence-corrected chi connectivity index (χ4v) is 3.76. The molecule has 2 aliphatic rings. The summed E-state index contributed by atoms with van der Waals surface area (Å²) in [6, 6.07) is 1.24. The van der Waals surface area contributed by atoms with Crippen molar-refractivity contribution in [1.29, 1.82) is 0 Å². The van der Waals surface area contributed by atoms with E-state index in [9.17, 15) is 0 Å². The van der Waals surface area contributed by atoms with Gasteiger partial charge in [-0.1, -0.05) is 0 Å². The maximum absolute atomic E-state index is 5.48. The normalized spacial score (nSPS) is 26.8. The van der Waals surface area contributed by atoms with Crippen molar-refractivity contribution in [2.75, 3.05) is 31.2 Å². The third kappa shape index (κ3) is 3.27. The summed E-state index contributed by atoms with van der Waals surface area (Å²) in [7, 11) is 0. The highest BCUT2D eigenvalue weighted by atomic mass is 32.1. The molecular weight excluding hydrogens is 258 g/mol. The monoisotopic (exact) mass is 281 g/mol. The smallest absolute Gasteiger partial charge is 0.185 e. The Morgan fingerprint density at radius 3 is 2.89 bits per heavy atom. The molecule has 0 spiro atoms. The Bertz CT molecular complexity index is 370. The number of rotatable bonds is 4. The Kier molecular flexibility index (Phi) is 4.35. The summed E-state index contributed by atoms with van der Waals surface area (Å²) < 4.78 is 5.48. The van der Waals surface area contributed by atoms with Crippen LogP contribution in [0.25, 0.3) is 0 Å². The van der Waals surface area contributed by atoms with Crippen molar-refractivity contribution < 1.29 is 4.74 Å². The van der Waals surface area contributed by atoms with E-state index in [4.69, 9.17) is 4.74 Å². The van der Waals surface area contributed by atoms with Gasteiger partial charge in [0.15, 0.2) is 5.13 Å². The highest BCUT2D eigenvalue weighted by Crippen LogP contribution is 2.23. The lowest BCUT2D eigenvalue weighted by Crippen LogP contribution is -2.47. The SMILES string of the molecule is CC(NC1CCN(c2nccs2)CC1)C1CCOC1. The topological polar surface area (TPSA) is 37.4 Å². The van der Waals surface area contributed by atoms with Crippen molar-refractivity contribution in [1.82, 2.24) is 10.3 Å². The zero-order valence-electron chi connectivity index (χ0n) is 11.5. The minimum Gasteiger partial charge on any atom is -0.381 e. The molecule has 2 saturated heterocycles. The van der Waals surface area contributed by atoms with E-state index in [1.54, 1.807) is 11.3 Å². The van der Waals surface area contributed by atoms with Gasteiger partial charge in [0.05, 0.1) is 6.61 Å². The van der Waals surface area contributed by atoms with Crippen molar-refractivity contribution in [2.24, 2.45) is 5.92 Å². The zero-order chi connectivity index (χ0) is 13.1. The van der Waals surface area contributed by atoms with Gasteiger partial charge in [-0.3, -0.25) is 0 Å². The second-order valence-corrected chi connectivity index (χ2v) is 6.53. The van der Waals surface area contributed by atoms with Crippen LogP contribution in [0.1, 0.15) is 26.2 Å². The molecule has 0 radical (unpaired) electrons. The largest absolute Gasteiger partial charge is 0.381 e. The lowest BCUT2D eigenvalue weighted by atomic mass is 9.97. The van der Waals surface area contributed by atoms with E-state index < -0.39 is 0 Å². The van der Waals surface area contributed by atoms with E-state index >= 15 is 0 Å². The first-order chi connectivity index (χ1) is 9.33. The molecule has 0 amide bonds. The average molecular weight is 281 g/mol. The van der Waals surface area contributed by atoms with Gasteiger partial charge >= 0.3 is 0 Å². The second-order valence-electron chi connectivity index (χ2n) is 5.66. The molecule has 2 atom stereocenters. The number of aromatic nitrogens is 1. The van der Waals surface area contributed by atoms with Crippen LogP contribution in [-0.4, -0.2) is 43.4 Å². The van der Waals surface area contributed by atoms with Crippen molar-refractivity contribution in [3.05, 3.63) is 11.6 Å². The van der Waals surface area contributed by atoms with Crippen LogP contribution in [0.15, 0.2) is 11.6 Å². The molecule has 3 rings (SSSR count). The van der Waals surface area contributed by atoms with Crippen LogP contribution in [0.5, 0.6) is 0 Å². The van der Waals surface area contributed by atoms with E-state index in [0.717, 1.165) is 26.3 Å². The van der Waals surface area contributed by atoms with Gasteiger partial charge in [-0.15, -0.1) is 11.3 Å². The Hall–Kier alpha value is -0.650. The highest BCUT2D eigenvalue weighted by molar-refractivity contribution is 7.13. The van der Waals surface area contributed by atoms with Crippen LogP contribution in [0, 0.1) is 5.92 Å². The Labute approximate surface area is 119 Å². The molecule has 4 nitrogen and oxygen atoms in total. The number of nitrogens with one attached hydrogen (secondary N) is 1. The lowest BCUT2D eigenvalue weighted by Gasteiger charge is -2.34. The fourth-order valence-electron chi connectivity index (χ4n) is 3.06. The first-order valence-corrected chi connectivity index (χ1v) is 8.19. The van der Waals surface area contributed by atoms with Crippen molar-refractivity contribution in [2.45, 2.75) is 38.3 Å². The Morgan fingerprint density at radius 1 is 1.42 bits per heavy atom. The van der Waals surface area contributed by atoms with Crippen LogP contribution in [-0.2, 0) is 4.74 Å². The van der Waals surface area contributed by atoms with Gasteiger partial charge in [-0.25, -0.2) is 4.98 Å². The first kappa shape index (κ1) is 13.3. The fraction of sp³-hybridized carbons (Fsp3) is 0.786. The molecule has 2 fully saturated rings. The number of thiazole rings is 1. The third-order valence-electron chi connectivity index (χ3n) is 4.36. The summed E-state index contributed by atoms with van der Waals surface area (Å²) >= 11 is 1.74. The van der Waals surface area contributed by atoms with E-state index in [2.05, 4.69) is 27.5 Å². The molecule has 0 saturated carbocycles. The number of hydrogen-bond donors (Lipinski definition) is 1. The third-order valence-corrected chi connectivity index (χ3v) is 5.19. The number of anilines is 1. The van der Waals surface area contributed by atoms with Crippen LogP contribution < -0.4 is 10.2 Å². The van der Waals surface area contributed by atoms with Crippen LogP contribution in [0.2, 0.25) is 0 Å². The van der Waals surface area contributed by atoms with Gasteiger partial charge in [-0.05, 0) is 32.1 Å². The first-order valence-electron chi connectivity index (χ1n) is 7.31. The minimum absolute atomic E-state index is 0.582. The molecule has 0 bridgehead atoms. The summed E-state index contributed by atoms with van der Waals surface area (Å²) in [6.07, 6.45) is 5.55. The summed E-state index contributed by atoms with van der Waals surface area (Å²) in [5.74, 6) is 0.706. The molecule has 19 heavy (non-hydrogen) atoms. The average Bonchev–Trinajstić information content (AvgIpc) is 3.13. The van der Waals surface area contributed by atoms with Gasteiger partial charge in [-0.2, -0.15) is 0 Å². The van der Waals surface area contributed by atoms with Gasteiger partial charge in [0.2, 0.25) is 0 Å². The summed E-state index contributed by atoms with van der Waals surface area (Å²) in [6.45, 7) is 6.44. The number of hydrogen-bond acceptors (Lipinski definition) is 5. The van der Waals surface area contributed by atoms with Crippen molar-refractivity contribution >= 4 is 16.5 Å². The van der Waals surface area contributed by atoms with Crippen molar-refractivity contribution in [3.63, 3.8) is 0 Å². The predicted octanol–water partition coefficient (Wildman–Crippen LogP) is 2.13. The molecule has 0 aromatic carbocycles. The summed E-state index contributed by atoms with van der Waals surface area (Å²) in [5, 5.41) is 7.04. The van der Waals surface area contributed by atoms with E-state index in [1.165, 1.54) is 24.4 Å². The van der Waals surface area contributed by atoms with Gasteiger partial charge < -0.3 is 15.0 Å². The number of piperidine rings is 1. The maximum atomic E-state index is 5.48.